The molecule has 2 aromatic rings. The van der Waals surface area contributed by atoms with Gasteiger partial charge in [-0.05, 0) is 34.5 Å². The number of thiazole rings is 1. The molecular formula is C11H12BrN3S. The van der Waals surface area contributed by atoms with Gasteiger partial charge in [0.2, 0.25) is 0 Å². The first-order chi connectivity index (χ1) is 7.66. The molecule has 0 fully saturated rings. The Labute approximate surface area is 107 Å². The fourth-order valence-corrected chi connectivity index (χ4v) is 2.76. The number of rotatable bonds is 3. The van der Waals surface area contributed by atoms with Crippen molar-refractivity contribution in [2.24, 2.45) is 0 Å². The van der Waals surface area contributed by atoms with Crippen LogP contribution in [0.25, 0.3) is 0 Å². The first-order valence-electron chi connectivity index (χ1n) is 4.87. The highest BCUT2D eigenvalue weighted by Gasteiger charge is 2.08. The molecule has 3 nitrogen and oxygen atoms in total. The molecule has 0 saturated heterocycles. The fraction of sp³-hybridized carbons (Fsp3) is 0.273. The van der Waals surface area contributed by atoms with Crippen molar-refractivity contribution in [1.82, 2.24) is 9.97 Å². The number of halogens is 1. The Balaban J connectivity index is 2.17. The maximum absolute atomic E-state index is 4.41. The van der Waals surface area contributed by atoms with Crippen molar-refractivity contribution >= 4 is 33.1 Å². The second-order valence-electron chi connectivity index (χ2n) is 3.65. The van der Waals surface area contributed by atoms with Crippen LogP contribution in [0.2, 0.25) is 0 Å². The molecule has 0 unspecified atom stereocenters. The average Bonchev–Trinajstić information content (AvgIpc) is 2.70. The number of aromatic nitrogens is 2. The first-order valence-corrected chi connectivity index (χ1v) is 6.61. The molecule has 0 bridgehead atoms. The summed E-state index contributed by atoms with van der Waals surface area (Å²) in [6.45, 7) is 2.81. The van der Waals surface area contributed by atoms with Gasteiger partial charge in [0.15, 0.2) is 0 Å². The van der Waals surface area contributed by atoms with E-state index >= 15 is 0 Å². The Morgan fingerprint density at radius 3 is 2.88 bits per heavy atom. The molecule has 84 valence electrons. The van der Waals surface area contributed by atoms with Crippen molar-refractivity contribution in [3.63, 3.8) is 0 Å². The van der Waals surface area contributed by atoms with Crippen LogP contribution in [0.5, 0.6) is 0 Å². The second kappa shape index (κ2) is 4.93. The number of hydrogen-bond acceptors (Lipinski definition) is 4. The summed E-state index contributed by atoms with van der Waals surface area (Å²) in [6.07, 6.45) is 1.87. The zero-order chi connectivity index (χ0) is 11.5. The predicted octanol–water partition coefficient (Wildman–Crippen LogP) is 3.25. The Bertz CT molecular complexity index is 470. The molecule has 0 aliphatic carbocycles. The Hall–Kier alpha value is -0.940. The van der Waals surface area contributed by atoms with E-state index in [1.165, 1.54) is 0 Å². The lowest BCUT2D eigenvalue weighted by atomic mass is 10.3. The van der Waals surface area contributed by atoms with E-state index in [1.807, 2.05) is 25.7 Å². The van der Waals surface area contributed by atoms with Gasteiger partial charge in [0, 0.05) is 18.6 Å². The number of hydrogen-bond donors (Lipinski definition) is 0. The molecule has 0 aliphatic rings. The summed E-state index contributed by atoms with van der Waals surface area (Å²) in [5.74, 6) is 0.943. The zero-order valence-corrected chi connectivity index (χ0v) is 11.5. The average molecular weight is 298 g/mol. The molecule has 2 rings (SSSR count). The van der Waals surface area contributed by atoms with Gasteiger partial charge >= 0.3 is 0 Å². The van der Waals surface area contributed by atoms with Crippen LogP contribution in [0, 0.1) is 6.92 Å². The van der Waals surface area contributed by atoms with E-state index in [0.717, 1.165) is 28.1 Å². The van der Waals surface area contributed by atoms with Crippen molar-refractivity contribution in [3.05, 3.63) is 38.9 Å². The van der Waals surface area contributed by atoms with Crippen molar-refractivity contribution in [2.75, 3.05) is 11.9 Å². The van der Waals surface area contributed by atoms with Gasteiger partial charge in [0.25, 0.3) is 0 Å². The zero-order valence-electron chi connectivity index (χ0n) is 9.14. The Morgan fingerprint density at radius 1 is 1.44 bits per heavy atom. The summed E-state index contributed by atoms with van der Waals surface area (Å²) < 4.78 is 1.02. The third-order valence-electron chi connectivity index (χ3n) is 2.20. The van der Waals surface area contributed by atoms with Crippen molar-refractivity contribution in [3.8, 4) is 0 Å². The van der Waals surface area contributed by atoms with E-state index in [0.29, 0.717) is 0 Å². The first kappa shape index (κ1) is 11.5. The largest absolute Gasteiger partial charge is 0.353 e. The van der Waals surface area contributed by atoms with E-state index in [4.69, 9.17) is 0 Å². The minimum atomic E-state index is 0.776. The van der Waals surface area contributed by atoms with Crippen LogP contribution < -0.4 is 4.90 Å². The van der Waals surface area contributed by atoms with Gasteiger partial charge < -0.3 is 4.90 Å². The quantitative estimate of drug-likeness (QED) is 0.871. The lowest BCUT2D eigenvalue weighted by Crippen LogP contribution is -2.18. The van der Waals surface area contributed by atoms with Crippen LogP contribution in [-0.2, 0) is 6.54 Å². The van der Waals surface area contributed by atoms with Gasteiger partial charge in [-0.2, -0.15) is 0 Å². The summed E-state index contributed by atoms with van der Waals surface area (Å²) in [5, 5.41) is 2.05. The summed E-state index contributed by atoms with van der Waals surface area (Å²) >= 11 is 5.14. The third-order valence-corrected chi connectivity index (χ3v) is 3.42. The molecule has 2 heterocycles. The van der Waals surface area contributed by atoms with Crippen LogP contribution in [0.1, 0.15) is 11.3 Å². The minimum absolute atomic E-state index is 0.776. The van der Waals surface area contributed by atoms with Crippen LogP contribution >= 0.6 is 27.3 Å². The summed E-state index contributed by atoms with van der Waals surface area (Å²) in [6, 6.07) is 2.07. The van der Waals surface area contributed by atoms with Crippen LogP contribution in [0.3, 0.4) is 0 Å². The monoisotopic (exact) mass is 297 g/mol. The predicted molar refractivity (Wildman–Crippen MR) is 70.9 cm³/mol. The molecule has 0 saturated carbocycles. The highest BCUT2D eigenvalue weighted by Crippen LogP contribution is 2.24. The summed E-state index contributed by atoms with van der Waals surface area (Å²) in [7, 11) is 2.02. The number of anilines is 1. The van der Waals surface area contributed by atoms with Gasteiger partial charge in [-0.15, -0.1) is 11.3 Å². The van der Waals surface area contributed by atoms with E-state index in [2.05, 4.69) is 42.2 Å². The third kappa shape index (κ3) is 2.59. The molecule has 0 spiro atoms. The second-order valence-corrected chi connectivity index (χ2v) is 5.23. The SMILES string of the molecule is Cc1cnc(N(C)Cc2cscn2)c(Br)c1. The van der Waals surface area contributed by atoms with E-state index in [-0.39, 0.29) is 0 Å². The van der Waals surface area contributed by atoms with Gasteiger partial charge in [-0.25, -0.2) is 9.97 Å². The Morgan fingerprint density at radius 2 is 2.25 bits per heavy atom. The summed E-state index contributed by atoms with van der Waals surface area (Å²) in [4.78, 5) is 10.8. The molecule has 0 N–H and O–H groups in total. The van der Waals surface area contributed by atoms with Crippen molar-refractivity contribution in [1.29, 1.82) is 0 Å². The van der Waals surface area contributed by atoms with Crippen molar-refractivity contribution in [2.45, 2.75) is 13.5 Å². The molecule has 0 aliphatic heterocycles. The number of nitrogens with zero attached hydrogens (tertiary/aromatic N) is 3. The number of aryl methyl sites for hydroxylation is 1. The fourth-order valence-electron chi connectivity index (χ4n) is 1.44. The molecule has 16 heavy (non-hydrogen) atoms. The van der Waals surface area contributed by atoms with Gasteiger partial charge in [0.1, 0.15) is 5.82 Å². The molecular weight excluding hydrogens is 286 g/mol. The molecule has 0 aromatic carbocycles. The highest BCUT2D eigenvalue weighted by molar-refractivity contribution is 9.10. The van der Waals surface area contributed by atoms with Gasteiger partial charge in [0.05, 0.1) is 22.2 Å². The lowest BCUT2D eigenvalue weighted by Gasteiger charge is -2.18. The van der Waals surface area contributed by atoms with Crippen molar-refractivity contribution < 1.29 is 0 Å². The van der Waals surface area contributed by atoms with E-state index < -0.39 is 0 Å². The summed E-state index contributed by atoms with van der Waals surface area (Å²) in [5.41, 5.74) is 4.07. The molecule has 0 atom stereocenters. The maximum atomic E-state index is 4.41. The maximum Gasteiger partial charge on any atom is 0.142 e. The number of pyridine rings is 1. The highest BCUT2D eigenvalue weighted by atomic mass is 79.9. The van der Waals surface area contributed by atoms with E-state index in [1.54, 1.807) is 11.3 Å². The lowest BCUT2D eigenvalue weighted by molar-refractivity contribution is 0.869. The van der Waals surface area contributed by atoms with Crippen LogP contribution in [0.15, 0.2) is 27.6 Å². The van der Waals surface area contributed by atoms with Crippen LogP contribution in [-0.4, -0.2) is 17.0 Å². The smallest absolute Gasteiger partial charge is 0.142 e. The normalized spacial score (nSPS) is 10.4. The molecule has 2 aromatic heterocycles. The molecule has 0 radical (unpaired) electrons. The minimum Gasteiger partial charge on any atom is -0.353 e. The molecule has 0 amide bonds. The molecule has 5 heteroatoms. The topological polar surface area (TPSA) is 29.0 Å². The van der Waals surface area contributed by atoms with Gasteiger partial charge in [-0.1, -0.05) is 0 Å². The van der Waals surface area contributed by atoms with E-state index in [9.17, 15) is 0 Å². The Kier molecular flexibility index (Phi) is 3.56. The van der Waals surface area contributed by atoms with Crippen LogP contribution in [0.4, 0.5) is 5.82 Å². The standard InChI is InChI=1S/C11H12BrN3S/c1-8-3-10(12)11(13-4-8)15(2)5-9-6-16-7-14-9/h3-4,6-7H,5H2,1-2H3. The van der Waals surface area contributed by atoms with Gasteiger partial charge in [-0.3, -0.25) is 0 Å².